The van der Waals surface area contributed by atoms with Crippen molar-refractivity contribution in [1.82, 2.24) is 4.90 Å². The minimum absolute atomic E-state index is 0.154. The number of hydrogen-bond acceptors (Lipinski definition) is 6. The number of rotatable bonds is 2. The van der Waals surface area contributed by atoms with E-state index in [0.717, 1.165) is 0 Å². The van der Waals surface area contributed by atoms with Crippen LogP contribution in [0.4, 0.5) is 0 Å². The first-order valence-corrected chi connectivity index (χ1v) is 6.96. The fourth-order valence-corrected chi connectivity index (χ4v) is 2.54. The van der Waals surface area contributed by atoms with Crippen molar-refractivity contribution in [3.63, 3.8) is 0 Å². The van der Waals surface area contributed by atoms with Gasteiger partial charge in [0.15, 0.2) is 5.84 Å². The number of nitrogens with zero attached hydrogens (tertiary/aromatic N) is 5. The average Bonchev–Trinajstić information content (AvgIpc) is 2.54. The molecule has 0 radical (unpaired) electrons. The zero-order valence-corrected chi connectivity index (χ0v) is 12.1. The van der Waals surface area contributed by atoms with E-state index in [9.17, 15) is 9.90 Å². The fourth-order valence-electron chi connectivity index (χ4n) is 2.54. The fraction of sp³-hybridized carbons (Fsp3) is 0.0625. The highest BCUT2D eigenvalue weighted by Crippen LogP contribution is 2.25. The second kappa shape index (κ2) is 4.84. The van der Waals surface area contributed by atoms with Gasteiger partial charge in [0, 0.05) is 5.56 Å². The highest BCUT2D eigenvalue weighted by Gasteiger charge is 2.30. The van der Waals surface area contributed by atoms with E-state index < -0.39 is 5.97 Å². The molecule has 0 spiro atoms. The lowest BCUT2D eigenvalue weighted by Crippen LogP contribution is -2.41. The SMILES string of the molecule is CC1=NC2=NC(c3ccccc3C(=O)O)=NC3=CC=CC(=N1)N32. The number of aliphatic imine (C=N–C) groups is 4. The number of aromatic carboxylic acids is 1. The van der Waals surface area contributed by atoms with E-state index in [1.165, 1.54) is 6.07 Å². The van der Waals surface area contributed by atoms with Crippen LogP contribution in [0.15, 0.2) is 68.3 Å². The molecule has 112 valence electrons. The van der Waals surface area contributed by atoms with Gasteiger partial charge in [0.2, 0.25) is 5.96 Å². The van der Waals surface area contributed by atoms with Crippen LogP contribution in [0.3, 0.4) is 0 Å². The van der Waals surface area contributed by atoms with Crippen molar-refractivity contribution in [3.8, 4) is 0 Å². The minimum Gasteiger partial charge on any atom is -0.478 e. The Bertz CT molecular complexity index is 918. The second-order valence-corrected chi connectivity index (χ2v) is 5.05. The lowest BCUT2D eigenvalue weighted by molar-refractivity contribution is 0.0696. The Morgan fingerprint density at radius 2 is 1.96 bits per heavy atom. The first kappa shape index (κ1) is 13.3. The van der Waals surface area contributed by atoms with E-state index in [1.807, 2.05) is 18.2 Å². The van der Waals surface area contributed by atoms with Crippen LogP contribution in [0.2, 0.25) is 0 Å². The van der Waals surface area contributed by atoms with E-state index in [1.54, 1.807) is 30.0 Å². The van der Waals surface area contributed by atoms with Gasteiger partial charge in [-0.15, -0.1) is 0 Å². The largest absolute Gasteiger partial charge is 0.478 e. The van der Waals surface area contributed by atoms with Gasteiger partial charge in [-0.05, 0) is 25.1 Å². The molecule has 3 heterocycles. The van der Waals surface area contributed by atoms with Gasteiger partial charge < -0.3 is 5.11 Å². The first-order valence-electron chi connectivity index (χ1n) is 6.96. The monoisotopic (exact) mass is 305 g/mol. The standard InChI is InChI=1S/C16H11N5O2/c1-9-17-12-7-4-8-13-19-14(20-16(18-9)21(12)13)10-5-2-3-6-11(10)15(22)23/h2-8H,1H3,(H,22,23). The molecule has 0 fully saturated rings. The summed E-state index contributed by atoms with van der Waals surface area (Å²) in [6.45, 7) is 1.79. The molecule has 0 amide bonds. The number of allylic oxidation sites excluding steroid dienone is 2. The number of benzene rings is 1. The van der Waals surface area contributed by atoms with Crippen LogP contribution in [0.25, 0.3) is 0 Å². The molecule has 1 aromatic carbocycles. The molecule has 0 atom stereocenters. The van der Waals surface area contributed by atoms with Crippen molar-refractivity contribution < 1.29 is 9.90 Å². The Balaban J connectivity index is 1.90. The van der Waals surface area contributed by atoms with Crippen LogP contribution in [0.5, 0.6) is 0 Å². The maximum atomic E-state index is 11.4. The first-order chi connectivity index (χ1) is 11.1. The number of guanidine groups is 1. The highest BCUT2D eigenvalue weighted by molar-refractivity contribution is 6.22. The summed E-state index contributed by atoms with van der Waals surface area (Å²) in [6.07, 6.45) is 5.51. The van der Waals surface area contributed by atoms with Crippen LogP contribution in [-0.2, 0) is 0 Å². The van der Waals surface area contributed by atoms with Crippen LogP contribution < -0.4 is 0 Å². The Kier molecular flexibility index (Phi) is 2.80. The summed E-state index contributed by atoms with van der Waals surface area (Å²) in [5.74, 6) is 1.65. The molecule has 23 heavy (non-hydrogen) atoms. The molecular formula is C16H11N5O2. The number of carboxylic acids is 1. The Hall–Kier alpha value is -3.35. The van der Waals surface area contributed by atoms with Crippen LogP contribution >= 0.6 is 0 Å². The van der Waals surface area contributed by atoms with E-state index in [-0.39, 0.29) is 5.56 Å². The molecule has 0 unspecified atom stereocenters. The van der Waals surface area contributed by atoms with Gasteiger partial charge in [-0.1, -0.05) is 24.3 Å². The molecule has 7 heteroatoms. The molecule has 0 saturated heterocycles. The number of carboxylic acid groups (broad SMARTS) is 1. The van der Waals surface area contributed by atoms with Crippen LogP contribution in [0.1, 0.15) is 22.8 Å². The lowest BCUT2D eigenvalue weighted by atomic mass is 10.1. The quantitative estimate of drug-likeness (QED) is 0.906. The summed E-state index contributed by atoms with van der Waals surface area (Å²) in [6, 6.07) is 6.65. The zero-order valence-electron chi connectivity index (χ0n) is 12.1. The van der Waals surface area contributed by atoms with Crippen molar-refractivity contribution in [1.29, 1.82) is 0 Å². The highest BCUT2D eigenvalue weighted by atomic mass is 16.4. The van der Waals surface area contributed by atoms with E-state index >= 15 is 0 Å². The van der Waals surface area contributed by atoms with Gasteiger partial charge in [0.25, 0.3) is 0 Å². The summed E-state index contributed by atoms with van der Waals surface area (Å²) >= 11 is 0. The van der Waals surface area contributed by atoms with Crippen molar-refractivity contribution in [2.75, 3.05) is 0 Å². The third kappa shape index (κ3) is 2.10. The summed E-state index contributed by atoms with van der Waals surface area (Å²) in [5.41, 5.74) is 0.612. The third-order valence-electron chi connectivity index (χ3n) is 3.51. The van der Waals surface area contributed by atoms with Crippen molar-refractivity contribution in [2.24, 2.45) is 20.0 Å². The topological polar surface area (TPSA) is 90.0 Å². The Labute approximate surface area is 131 Å². The average molecular weight is 305 g/mol. The third-order valence-corrected chi connectivity index (χ3v) is 3.51. The molecule has 0 saturated carbocycles. The maximum Gasteiger partial charge on any atom is 0.336 e. The van der Waals surface area contributed by atoms with E-state index in [2.05, 4.69) is 20.0 Å². The van der Waals surface area contributed by atoms with Gasteiger partial charge in [0.1, 0.15) is 17.5 Å². The van der Waals surface area contributed by atoms with Crippen molar-refractivity contribution in [3.05, 3.63) is 59.4 Å². The minimum atomic E-state index is -1.02. The van der Waals surface area contributed by atoms with Gasteiger partial charge in [0.05, 0.1) is 5.56 Å². The smallest absolute Gasteiger partial charge is 0.336 e. The normalized spacial score (nSPS) is 18.3. The van der Waals surface area contributed by atoms with E-state index in [4.69, 9.17) is 0 Å². The zero-order chi connectivity index (χ0) is 16.0. The predicted molar refractivity (Wildman–Crippen MR) is 87.0 cm³/mol. The molecule has 0 aliphatic carbocycles. The summed E-state index contributed by atoms with van der Waals surface area (Å²) in [7, 11) is 0. The Morgan fingerprint density at radius 3 is 2.78 bits per heavy atom. The predicted octanol–water partition coefficient (Wildman–Crippen LogP) is 2.04. The molecule has 7 nitrogen and oxygen atoms in total. The number of carbonyl (C=O) groups is 1. The number of amidine groups is 3. The lowest BCUT2D eigenvalue weighted by Gasteiger charge is -2.31. The summed E-state index contributed by atoms with van der Waals surface area (Å²) in [5, 5.41) is 9.36. The molecule has 1 N–H and O–H groups in total. The molecule has 3 aliphatic heterocycles. The van der Waals surface area contributed by atoms with Crippen molar-refractivity contribution >= 4 is 29.4 Å². The van der Waals surface area contributed by atoms with Gasteiger partial charge >= 0.3 is 5.97 Å². The van der Waals surface area contributed by atoms with Gasteiger partial charge in [-0.25, -0.2) is 19.7 Å². The molecule has 4 rings (SSSR count). The summed E-state index contributed by atoms with van der Waals surface area (Å²) in [4.78, 5) is 30.8. The van der Waals surface area contributed by atoms with Crippen LogP contribution in [0, 0.1) is 0 Å². The van der Waals surface area contributed by atoms with Crippen molar-refractivity contribution in [2.45, 2.75) is 6.92 Å². The molecule has 3 aliphatic rings. The maximum absolute atomic E-state index is 11.4. The van der Waals surface area contributed by atoms with Gasteiger partial charge in [-0.3, -0.25) is 0 Å². The summed E-state index contributed by atoms with van der Waals surface area (Å²) < 4.78 is 0. The molecular weight excluding hydrogens is 294 g/mol. The number of hydrogen-bond donors (Lipinski definition) is 1. The van der Waals surface area contributed by atoms with E-state index in [0.29, 0.717) is 34.9 Å². The molecule has 0 bridgehead atoms. The van der Waals surface area contributed by atoms with Gasteiger partial charge in [-0.2, -0.15) is 9.98 Å². The Morgan fingerprint density at radius 1 is 1.13 bits per heavy atom. The molecule has 0 aromatic heterocycles. The second-order valence-electron chi connectivity index (χ2n) is 5.05. The van der Waals surface area contributed by atoms with Crippen LogP contribution in [-0.4, -0.2) is 39.4 Å². The molecule has 1 aromatic rings.